The molecule has 2 aliphatic carbocycles. The molecule has 0 aromatic heterocycles. The van der Waals surface area contributed by atoms with Crippen molar-refractivity contribution >= 4 is 70.3 Å². The van der Waals surface area contributed by atoms with Gasteiger partial charge in [-0.2, -0.15) is 0 Å². The van der Waals surface area contributed by atoms with Gasteiger partial charge in [0, 0.05) is 20.5 Å². The monoisotopic (exact) mass is 592 g/mol. The third-order valence-electron chi connectivity index (χ3n) is 7.29. The van der Waals surface area contributed by atoms with E-state index in [0.29, 0.717) is 31.9 Å². The number of carbonyl (C=O) groups excluding carboxylic acids is 2. The number of halogens is 2. The van der Waals surface area contributed by atoms with Gasteiger partial charge in [0.15, 0.2) is 0 Å². The summed E-state index contributed by atoms with van der Waals surface area (Å²) in [5.41, 5.74) is 1.37. The van der Waals surface area contributed by atoms with Crippen LogP contribution in [0.15, 0.2) is 48.5 Å². The van der Waals surface area contributed by atoms with Gasteiger partial charge in [-0.25, -0.2) is 8.61 Å². The van der Waals surface area contributed by atoms with Crippen molar-refractivity contribution in [3.63, 3.8) is 0 Å². The maximum absolute atomic E-state index is 14.0. The molecule has 2 amide bonds. The van der Waals surface area contributed by atoms with Crippen LogP contribution < -0.4 is 8.61 Å². The van der Waals surface area contributed by atoms with Crippen LogP contribution in [0, 0.1) is 0 Å². The highest BCUT2D eigenvalue weighted by Gasteiger charge is 2.33. The number of hydrogen-bond acceptors (Lipinski definition) is 4. The molecular formula is C30H38Cl2N2O2S2. The molecule has 2 aromatic rings. The predicted octanol–water partition coefficient (Wildman–Crippen LogP) is 9.88. The lowest BCUT2D eigenvalue weighted by atomic mass is 10.0. The molecule has 38 heavy (non-hydrogen) atoms. The van der Waals surface area contributed by atoms with Crippen molar-refractivity contribution in [3.05, 3.63) is 58.6 Å². The first kappa shape index (κ1) is 29.6. The van der Waals surface area contributed by atoms with Gasteiger partial charge in [0.1, 0.15) is 0 Å². The van der Waals surface area contributed by atoms with E-state index in [1.54, 1.807) is 32.9 Å². The number of hydrogen-bond donors (Lipinski definition) is 0. The average Bonchev–Trinajstić information content (AvgIpc) is 2.88. The van der Waals surface area contributed by atoms with E-state index in [4.69, 9.17) is 23.2 Å². The minimum absolute atomic E-state index is 0.296. The molecule has 0 N–H and O–H groups in total. The fourth-order valence-electron chi connectivity index (χ4n) is 5.12. The highest BCUT2D eigenvalue weighted by Crippen LogP contribution is 2.37. The SMILES string of the molecule is O=C(C(=O)N(SC1CCCCCCC1)c1ccc(Cl)cc1)N(SC1CCCCCCC1)c1ccc(Cl)cc1. The Bertz CT molecular complexity index is 936. The van der Waals surface area contributed by atoms with Gasteiger partial charge in [-0.15, -0.1) is 0 Å². The Morgan fingerprint density at radius 3 is 1.13 bits per heavy atom. The van der Waals surface area contributed by atoms with E-state index in [0.717, 1.165) is 51.4 Å². The molecule has 0 aliphatic heterocycles. The zero-order valence-corrected chi connectivity index (χ0v) is 25.1. The molecule has 2 aromatic carbocycles. The van der Waals surface area contributed by atoms with E-state index in [9.17, 15) is 9.59 Å². The van der Waals surface area contributed by atoms with Crippen molar-refractivity contribution in [1.82, 2.24) is 0 Å². The Morgan fingerprint density at radius 1 is 0.526 bits per heavy atom. The van der Waals surface area contributed by atoms with Crippen molar-refractivity contribution < 1.29 is 9.59 Å². The van der Waals surface area contributed by atoms with Crippen LogP contribution in [0.3, 0.4) is 0 Å². The van der Waals surface area contributed by atoms with Crippen molar-refractivity contribution in [1.29, 1.82) is 0 Å². The quantitative estimate of drug-likeness (QED) is 0.247. The van der Waals surface area contributed by atoms with Crippen LogP contribution in [-0.4, -0.2) is 22.3 Å². The smallest absolute Gasteiger partial charge is 0.262 e. The van der Waals surface area contributed by atoms with Crippen molar-refractivity contribution in [2.45, 2.75) is 100 Å². The molecule has 0 radical (unpaired) electrons. The van der Waals surface area contributed by atoms with Crippen LogP contribution in [-0.2, 0) is 9.59 Å². The van der Waals surface area contributed by atoms with Gasteiger partial charge in [-0.3, -0.25) is 9.59 Å². The zero-order valence-electron chi connectivity index (χ0n) is 22.0. The summed E-state index contributed by atoms with van der Waals surface area (Å²) < 4.78 is 3.24. The molecule has 2 saturated carbocycles. The van der Waals surface area contributed by atoms with E-state index in [-0.39, 0.29) is 0 Å². The molecule has 0 atom stereocenters. The second-order valence-corrected chi connectivity index (χ2v) is 13.7. The number of rotatable bonds is 6. The van der Waals surface area contributed by atoms with Crippen LogP contribution in [0.1, 0.15) is 89.9 Å². The Balaban J connectivity index is 1.60. The maximum Gasteiger partial charge on any atom is 0.327 e. The van der Waals surface area contributed by atoms with Gasteiger partial charge >= 0.3 is 11.8 Å². The summed E-state index contributed by atoms with van der Waals surface area (Å²) in [7, 11) is 0. The highest BCUT2D eigenvalue weighted by molar-refractivity contribution is 8.02. The Hall–Kier alpha value is -1.34. The maximum atomic E-state index is 14.0. The van der Waals surface area contributed by atoms with Crippen LogP contribution in [0.2, 0.25) is 10.0 Å². The molecule has 206 valence electrons. The van der Waals surface area contributed by atoms with Crippen LogP contribution in [0.4, 0.5) is 11.4 Å². The van der Waals surface area contributed by atoms with Gasteiger partial charge < -0.3 is 0 Å². The summed E-state index contributed by atoms with van der Waals surface area (Å²) in [5, 5.41) is 1.80. The lowest BCUT2D eigenvalue weighted by molar-refractivity contribution is -0.134. The first-order valence-electron chi connectivity index (χ1n) is 14.0. The second-order valence-electron chi connectivity index (χ2n) is 10.3. The molecule has 8 heteroatoms. The Morgan fingerprint density at radius 2 is 0.816 bits per heavy atom. The molecular weight excluding hydrogens is 555 g/mol. The minimum Gasteiger partial charge on any atom is -0.262 e. The number of amides is 2. The van der Waals surface area contributed by atoms with Gasteiger partial charge in [0.05, 0.1) is 11.4 Å². The lowest BCUT2D eigenvalue weighted by Crippen LogP contribution is -2.42. The molecule has 0 saturated heterocycles. The number of carbonyl (C=O) groups is 2. The highest BCUT2D eigenvalue weighted by atomic mass is 35.5. The fourth-order valence-corrected chi connectivity index (χ4v) is 7.90. The average molecular weight is 594 g/mol. The standard InChI is InChI=1S/C30H38Cl2N2O2S2/c31-23-15-19-25(20-16-23)33(37-27-11-7-3-1-4-8-12-27)29(35)30(36)34(26-21-17-24(32)18-22-26)38-28-13-9-5-2-6-10-14-28/h15-22,27-28H,1-14H2. The Labute approximate surface area is 246 Å². The summed E-state index contributed by atoms with van der Waals surface area (Å²) in [6.07, 6.45) is 16.3. The van der Waals surface area contributed by atoms with Gasteiger partial charge in [-0.1, -0.05) is 87.4 Å². The van der Waals surface area contributed by atoms with E-state index < -0.39 is 11.8 Å². The summed E-state index contributed by atoms with van der Waals surface area (Å²) >= 11 is 15.4. The van der Waals surface area contributed by atoms with Crippen molar-refractivity contribution in [3.8, 4) is 0 Å². The lowest BCUT2D eigenvalue weighted by Gasteiger charge is -2.31. The molecule has 2 fully saturated rings. The number of benzene rings is 2. The molecule has 0 spiro atoms. The summed E-state index contributed by atoms with van der Waals surface area (Å²) in [5.74, 6) is -1.04. The topological polar surface area (TPSA) is 40.6 Å². The van der Waals surface area contributed by atoms with Crippen molar-refractivity contribution in [2.24, 2.45) is 0 Å². The third-order valence-corrected chi connectivity index (χ3v) is 10.5. The van der Waals surface area contributed by atoms with Gasteiger partial charge in [-0.05, 0) is 98.1 Å². The molecule has 0 unspecified atom stereocenters. The van der Waals surface area contributed by atoms with Gasteiger partial charge in [0.25, 0.3) is 0 Å². The van der Waals surface area contributed by atoms with E-state index in [1.807, 2.05) is 24.3 Å². The Kier molecular flexibility index (Phi) is 12.0. The van der Waals surface area contributed by atoms with Crippen LogP contribution >= 0.6 is 47.1 Å². The molecule has 2 aliphatic rings. The van der Waals surface area contributed by atoms with Crippen LogP contribution in [0.5, 0.6) is 0 Å². The van der Waals surface area contributed by atoms with Crippen LogP contribution in [0.25, 0.3) is 0 Å². The van der Waals surface area contributed by atoms with E-state index >= 15 is 0 Å². The minimum atomic E-state index is -0.521. The molecule has 0 heterocycles. The third kappa shape index (κ3) is 8.84. The summed E-state index contributed by atoms with van der Waals surface area (Å²) in [6, 6.07) is 14.4. The largest absolute Gasteiger partial charge is 0.327 e. The van der Waals surface area contributed by atoms with E-state index in [2.05, 4.69) is 0 Å². The summed E-state index contributed by atoms with van der Waals surface area (Å²) in [4.78, 5) is 28.1. The molecule has 4 rings (SSSR count). The second kappa shape index (κ2) is 15.4. The predicted molar refractivity (Wildman–Crippen MR) is 165 cm³/mol. The fraction of sp³-hybridized carbons (Fsp3) is 0.533. The normalized spacial score (nSPS) is 18.1. The van der Waals surface area contributed by atoms with Gasteiger partial charge in [0.2, 0.25) is 0 Å². The van der Waals surface area contributed by atoms with E-state index in [1.165, 1.54) is 62.4 Å². The summed E-state index contributed by atoms with van der Waals surface area (Å²) in [6.45, 7) is 0. The molecule has 0 bridgehead atoms. The zero-order chi connectivity index (χ0) is 26.7. The number of nitrogens with zero attached hydrogens (tertiary/aromatic N) is 2. The van der Waals surface area contributed by atoms with Crippen molar-refractivity contribution in [2.75, 3.05) is 8.61 Å². The first-order chi connectivity index (χ1) is 18.5. The first-order valence-corrected chi connectivity index (χ1v) is 16.5. The molecule has 4 nitrogen and oxygen atoms in total. The number of anilines is 2.